The maximum atomic E-state index is 12.1. The highest BCUT2D eigenvalue weighted by molar-refractivity contribution is 7.71. The number of ether oxygens (including phenoxy) is 1. The van der Waals surface area contributed by atoms with Crippen LogP contribution in [0.15, 0.2) is 36.0 Å². The lowest BCUT2D eigenvalue weighted by Gasteiger charge is -2.22. The Kier molecular flexibility index (Phi) is 26.0. The van der Waals surface area contributed by atoms with E-state index in [2.05, 4.69) is 57.3 Å². The van der Waals surface area contributed by atoms with Gasteiger partial charge in [-0.3, -0.25) is 4.79 Å². The number of aliphatic imine (C=N–C) groups is 1. The van der Waals surface area contributed by atoms with Crippen molar-refractivity contribution < 1.29 is 9.53 Å². The number of carbonyl (C=O) groups excluding carboxylic acids is 1. The summed E-state index contributed by atoms with van der Waals surface area (Å²) in [6, 6.07) is 1.76. The minimum absolute atomic E-state index is 0.00264. The second kappa shape index (κ2) is 24.6. The van der Waals surface area contributed by atoms with Gasteiger partial charge in [-0.1, -0.05) is 59.5 Å². The first kappa shape index (κ1) is 37.0. The summed E-state index contributed by atoms with van der Waals surface area (Å²) in [5.74, 6) is 1.80. The van der Waals surface area contributed by atoms with Crippen LogP contribution in [0.4, 0.5) is 11.8 Å². The van der Waals surface area contributed by atoms with Crippen LogP contribution in [-0.2, 0) is 9.53 Å². The Labute approximate surface area is 219 Å². The molecule has 8 nitrogen and oxygen atoms in total. The van der Waals surface area contributed by atoms with Gasteiger partial charge in [-0.05, 0) is 32.6 Å². The number of hydrogen-bond donors (Lipinski definition) is 3. The molecule has 3 N–H and O–H groups in total. The van der Waals surface area contributed by atoms with Crippen LogP contribution in [0.3, 0.4) is 0 Å². The Morgan fingerprint density at radius 2 is 1.91 bits per heavy atom. The van der Waals surface area contributed by atoms with Gasteiger partial charge in [-0.2, -0.15) is 0 Å². The van der Waals surface area contributed by atoms with E-state index in [1.165, 1.54) is 0 Å². The summed E-state index contributed by atoms with van der Waals surface area (Å²) in [7, 11) is 5.08. The first-order valence-corrected chi connectivity index (χ1v) is 12.5. The minimum atomic E-state index is -0.00264. The number of aromatic amines is 1. The molecule has 0 fully saturated rings. The molecule has 35 heavy (non-hydrogen) atoms. The molecule has 0 spiro atoms. The molecule has 1 aromatic rings. The van der Waals surface area contributed by atoms with Crippen molar-refractivity contribution >= 4 is 36.2 Å². The highest BCUT2D eigenvalue weighted by Crippen LogP contribution is 2.16. The van der Waals surface area contributed by atoms with Gasteiger partial charge < -0.3 is 25.3 Å². The van der Waals surface area contributed by atoms with E-state index in [4.69, 9.17) is 12.2 Å². The lowest BCUT2D eigenvalue weighted by atomic mass is 10.0. The number of carbonyl (C=O) groups is 1. The molecular weight excluding hydrogens is 460 g/mol. The zero-order chi connectivity index (χ0) is 27.8. The molecule has 1 heterocycles. The van der Waals surface area contributed by atoms with Gasteiger partial charge in [0.05, 0.1) is 6.34 Å². The number of hydrogen-bond acceptors (Lipinski definition) is 6. The van der Waals surface area contributed by atoms with Crippen molar-refractivity contribution in [1.29, 1.82) is 0 Å². The van der Waals surface area contributed by atoms with Gasteiger partial charge >= 0.3 is 0 Å². The molecule has 0 aliphatic heterocycles. The smallest absolute Gasteiger partial charge is 0.222 e. The molecule has 1 aromatic heterocycles. The first-order valence-electron chi connectivity index (χ1n) is 12.1. The summed E-state index contributed by atoms with van der Waals surface area (Å²) in [6.45, 7) is 21.8. The Bertz CT molecular complexity index is 777. The topological polar surface area (TPSA) is 94.6 Å². The van der Waals surface area contributed by atoms with Crippen molar-refractivity contribution in [3.63, 3.8) is 0 Å². The standard InChI is InChI=1S/C19H32N6OS.C3H6.C2H6O.C2H6/c1-7-8-20-17(26)10-15(9-13(2)3)22-16-11-18(27)24-19(23-16)25(6)12-21-14(4)5;2*1-3-2;1-2/h11-13,15H,4,7-10H2,1-3,5-6H3,(H,20,26)(H2,22,23,24,27);3H,1H2,2H3;1-2H3;1-2H3/t15-;;;/m0.../s1. The van der Waals surface area contributed by atoms with Crippen molar-refractivity contribution in [1.82, 2.24) is 15.3 Å². The molecule has 202 valence electrons. The van der Waals surface area contributed by atoms with Crippen molar-refractivity contribution in [2.45, 2.75) is 73.8 Å². The maximum Gasteiger partial charge on any atom is 0.222 e. The highest BCUT2D eigenvalue weighted by Gasteiger charge is 2.16. The van der Waals surface area contributed by atoms with Crippen LogP contribution >= 0.6 is 12.2 Å². The van der Waals surface area contributed by atoms with Crippen molar-refractivity contribution in [3.8, 4) is 0 Å². The number of nitrogens with zero attached hydrogens (tertiary/aromatic N) is 3. The summed E-state index contributed by atoms with van der Waals surface area (Å²) < 4.78 is 4.71. The van der Waals surface area contributed by atoms with E-state index in [0.717, 1.165) is 18.7 Å². The predicted molar refractivity (Wildman–Crippen MR) is 156 cm³/mol. The third kappa shape index (κ3) is 23.0. The average molecular weight is 511 g/mol. The summed E-state index contributed by atoms with van der Waals surface area (Å²) >= 11 is 5.29. The quantitative estimate of drug-likeness (QED) is 0.139. The minimum Gasteiger partial charge on any atom is -0.388 e. The van der Waals surface area contributed by atoms with Gasteiger partial charge in [0.2, 0.25) is 11.9 Å². The third-order valence-electron chi connectivity index (χ3n) is 3.64. The predicted octanol–water partition coefficient (Wildman–Crippen LogP) is 6.36. The van der Waals surface area contributed by atoms with E-state index in [9.17, 15) is 4.79 Å². The second-order valence-electron chi connectivity index (χ2n) is 7.89. The van der Waals surface area contributed by atoms with Crippen molar-refractivity contribution in [2.24, 2.45) is 10.9 Å². The molecule has 0 aliphatic carbocycles. The van der Waals surface area contributed by atoms with Crippen LogP contribution in [0.1, 0.15) is 67.7 Å². The molecule has 0 aromatic carbocycles. The van der Waals surface area contributed by atoms with Gasteiger partial charge in [0.25, 0.3) is 0 Å². The number of H-pyrrole nitrogens is 1. The fraction of sp³-hybridized carbons (Fsp3) is 0.615. The monoisotopic (exact) mass is 510 g/mol. The van der Waals surface area contributed by atoms with Crippen LogP contribution in [0, 0.1) is 10.6 Å². The van der Waals surface area contributed by atoms with Gasteiger partial charge in [-0.15, -0.1) is 6.58 Å². The lowest BCUT2D eigenvalue weighted by Crippen LogP contribution is -2.32. The molecule has 9 heteroatoms. The first-order chi connectivity index (χ1) is 16.5. The molecular formula is C26H50N6O2S. The third-order valence-corrected chi connectivity index (χ3v) is 3.84. The van der Waals surface area contributed by atoms with E-state index in [-0.39, 0.29) is 11.9 Å². The average Bonchev–Trinajstić information content (AvgIpc) is 2.77. The molecule has 0 saturated carbocycles. The molecule has 1 rings (SSSR count). The van der Waals surface area contributed by atoms with Gasteiger partial charge in [-0.25, -0.2) is 9.98 Å². The highest BCUT2D eigenvalue weighted by atomic mass is 32.1. The molecule has 0 saturated heterocycles. The molecule has 1 amide bonds. The summed E-state index contributed by atoms with van der Waals surface area (Å²) in [5, 5.41) is 6.34. The number of methoxy groups -OCH3 is 1. The number of allylic oxidation sites excluding steroid dienone is 2. The van der Waals surface area contributed by atoms with Crippen molar-refractivity contribution in [2.75, 3.05) is 38.0 Å². The number of nitrogens with one attached hydrogen (secondary N) is 3. The molecule has 1 atom stereocenters. The number of anilines is 2. The molecule has 0 radical (unpaired) electrons. The number of aromatic nitrogens is 2. The van der Waals surface area contributed by atoms with Gasteiger partial charge in [0.15, 0.2) is 0 Å². The Morgan fingerprint density at radius 3 is 2.37 bits per heavy atom. The van der Waals surface area contributed by atoms with Gasteiger partial charge in [0, 0.05) is 52.0 Å². The normalized spacial score (nSPS) is 10.5. The zero-order valence-corrected chi connectivity index (χ0v) is 24.5. The van der Waals surface area contributed by atoms with Crippen LogP contribution < -0.4 is 15.5 Å². The largest absolute Gasteiger partial charge is 0.388 e. The molecule has 0 unspecified atom stereocenters. The lowest BCUT2D eigenvalue weighted by molar-refractivity contribution is -0.121. The van der Waals surface area contributed by atoms with Gasteiger partial charge in [0.1, 0.15) is 10.5 Å². The molecule has 0 bridgehead atoms. The number of amides is 1. The summed E-state index contributed by atoms with van der Waals surface area (Å²) in [5.41, 5.74) is 0.699. The Morgan fingerprint density at radius 1 is 1.37 bits per heavy atom. The van der Waals surface area contributed by atoms with Crippen LogP contribution in [-0.4, -0.2) is 56.1 Å². The Balaban J connectivity index is -0.00000113. The maximum absolute atomic E-state index is 12.1. The van der Waals surface area contributed by atoms with E-state index < -0.39 is 0 Å². The Hall–Kier alpha value is -2.52. The SMILES string of the molecule is C=C(C)N=CN(C)c1nc(=S)cc(N[C@H](CC(=O)NCCC)CC(C)C)[nH]1.C=CC.CC.COC. The van der Waals surface area contributed by atoms with E-state index in [1.54, 1.807) is 37.6 Å². The van der Waals surface area contributed by atoms with E-state index in [0.29, 0.717) is 35.2 Å². The number of rotatable bonds is 11. The van der Waals surface area contributed by atoms with Crippen LogP contribution in [0.25, 0.3) is 0 Å². The fourth-order valence-corrected chi connectivity index (χ4v) is 2.68. The van der Waals surface area contributed by atoms with Crippen molar-refractivity contribution in [3.05, 3.63) is 35.6 Å². The molecule has 0 aliphatic rings. The zero-order valence-electron chi connectivity index (χ0n) is 23.7. The van der Waals surface area contributed by atoms with Crippen LogP contribution in [0.5, 0.6) is 0 Å². The summed E-state index contributed by atoms with van der Waals surface area (Å²) in [4.78, 5) is 25.6. The fourth-order valence-electron chi connectivity index (χ4n) is 2.47. The summed E-state index contributed by atoms with van der Waals surface area (Å²) in [6.07, 6.45) is 5.57. The van der Waals surface area contributed by atoms with E-state index >= 15 is 0 Å². The second-order valence-corrected chi connectivity index (χ2v) is 8.31. The van der Waals surface area contributed by atoms with E-state index in [1.807, 2.05) is 41.7 Å². The van der Waals surface area contributed by atoms with Crippen LogP contribution in [0.2, 0.25) is 0 Å².